The summed E-state index contributed by atoms with van der Waals surface area (Å²) in [6, 6.07) is 4.26. The van der Waals surface area contributed by atoms with E-state index < -0.39 is 11.7 Å². The molecule has 82 valence electrons. The van der Waals surface area contributed by atoms with Gasteiger partial charge < -0.3 is 5.32 Å². The summed E-state index contributed by atoms with van der Waals surface area (Å²) >= 11 is 5.55. The van der Waals surface area contributed by atoms with E-state index in [1.807, 2.05) is 0 Å². The lowest BCUT2D eigenvalue weighted by molar-refractivity contribution is 0.0939. The van der Waals surface area contributed by atoms with Crippen molar-refractivity contribution in [1.29, 1.82) is 0 Å². The molecule has 0 radical (unpaired) electrons. The van der Waals surface area contributed by atoms with Gasteiger partial charge in [0.25, 0.3) is 5.91 Å². The number of nitrogens with one attached hydrogen (secondary N) is 1. The lowest BCUT2D eigenvalue weighted by atomic mass is 10.1. The Morgan fingerprint density at radius 1 is 1.60 bits per heavy atom. The Morgan fingerprint density at radius 2 is 2.27 bits per heavy atom. The summed E-state index contributed by atoms with van der Waals surface area (Å²) < 4.78 is 13.3. The summed E-state index contributed by atoms with van der Waals surface area (Å²) in [4.78, 5) is 11.6. The van der Waals surface area contributed by atoms with E-state index in [0.717, 1.165) is 5.56 Å². The van der Waals surface area contributed by atoms with Crippen LogP contribution in [0.4, 0.5) is 4.39 Å². The van der Waals surface area contributed by atoms with Crippen molar-refractivity contribution in [2.24, 2.45) is 0 Å². The fourth-order valence-corrected chi connectivity index (χ4v) is 1.23. The number of hydrogen-bond acceptors (Lipinski definition) is 1. The van der Waals surface area contributed by atoms with Crippen molar-refractivity contribution in [3.05, 3.63) is 35.1 Å². The second-order valence-corrected chi connectivity index (χ2v) is 3.82. The van der Waals surface area contributed by atoms with Crippen LogP contribution in [0.15, 0.2) is 18.2 Å². The standard InChI is InChI=1S/C11H13ClFNO/c1-7-3-4-10(13)9(5-7)11(15)14-8(2)6-12/h3-5,8H,6H2,1-2H3,(H,14,15). The molecule has 1 unspecified atom stereocenters. The monoisotopic (exact) mass is 229 g/mol. The molecule has 0 aliphatic carbocycles. The van der Waals surface area contributed by atoms with Crippen molar-refractivity contribution in [2.75, 3.05) is 5.88 Å². The molecule has 0 saturated heterocycles. The molecule has 4 heteroatoms. The van der Waals surface area contributed by atoms with Gasteiger partial charge in [0.05, 0.1) is 5.56 Å². The smallest absolute Gasteiger partial charge is 0.254 e. The molecule has 1 aromatic carbocycles. The topological polar surface area (TPSA) is 29.1 Å². The van der Waals surface area contributed by atoms with Crippen LogP contribution in [-0.2, 0) is 0 Å². The minimum absolute atomic E-state index is 0.0620. The SMILES string of the molecule is Cc1ccc(F)c(C(=O)NC(C)CCl)c1. The molecule has 1 aromatic rings. The van der Waals surface area contributed by atoms with Crippen LogP contribution in [-0.4, -0.2) is 17.8 Å². The highest BCUT2D eigenvalue weighted by molar-refractivity contribution is 6.18. The van der Waals surface area contributed by atoms with Crippen molar-refractivity contribution in [3.8, 4) is 0 Å². The predicted molar refractivity (Wildman–Crippen MR) is 58.8 cm³/mol. The Labute approximate surface area is 93.4 Å². The van der Waals surface area contributed by atoms with Gasteiger partial charge >= 0.3 is 0 Å². The van der Waals surface area contributed by atoms with Crippen molar-refractivity contribution in [1.82, 2.24) is 5.32 Å². The number of carbonyl (C=O) groups is 1. The van der Waals surface area contributed by atoms with E-state index in [0.29, 0.717) is 5.88 Å². The van der Waals surface area contributed by atoms with Crippen LogP contribution in [0.25, 0.3) is 0 Å². The third kappa shape index (κ3) is 3.20. The number of rotatable bonds is 3. The first kappa shape index (κ1) is 12.0. The van der Waals surface area contributed by atoms with Gasteiger partial charge in [0.1, 0.15) is 5.82 Å². The van der Waals surface area contributed by atoms with Crippen molar-refractivity contribution >= 4 is 17.5 Å². The van der Waals surface area contributed by atoms with E-state index in [-0.39, 0.29) is 11.6 Å². The Hall–Kier alpha value is -1.09. The quantitative estimate of drug-likeness (QED) is 0.793. The molecular formula is C11H13ClFNO. The first-order valence-corrected chi connectivity index (χ1v) is 5.21. The average Bonchev–Trinajstić information content (AvgIpc) is 2.21. The highest BCUT2D eigenvalue weighted by Gasteiger charge is 2.13. The largest absolute Gasteiger partial charge is 0.348 e. The molecule has 0 heterocycles. The number of alkyl halides is 1. The van der Waals surface area contributed by atoms with E-state index in [2.05, 4.69) is 5.32 Å². The Balaban J connectivity index is 2.86. The number of hydrogen-bond donors (Lipinski definition) is 1. The molecule has 1 amide bonds. The maximum Gasteiger partial charge on any atom is 0.254 e. The van der Waals surface area contributed by atoms with Gasteiger partial charge in [-0.3, -0.25) is 4.79 Å². The summed E-state index contributed by atoms with van der Waals surface area (Å²) in [5, 5.41) is 2.60. The molecule has 15 heavy (non-hydrogen) atoms. The van der Waals surface area contributed by atoms with Crippen LogP contribution < -0.4 is 5.32 Å². The normalized spacial score (nSPS) is 12.3. The summed E-state index contributed by atoms with van der Waals surface area (Å²) in [6.45, 7) is 3.57. The first-order valence-electron chi connectivity index (χ1n) is 4.67. The van der Waals surface area contributed by atoms with Gasteiger partial charge in [-0.2, -0.15) is 0 Å². The van der Waals surface area contributed by atoms with Gasteiger partial charge in [-0.05, 0) is 26.0 Å². The van der Waals surface area contributed by atoms with Gasteiger partial charge in [-0.15, -0.1) is 11.6 Å². The van der Waals surface area contributed by atoms with Crippen LogP contribution in [0.1, 0.15) is 22.8 Å². The number of aryl methyl sites for hydroxylation is 1. The Morgan fingerprint density at radius 3 is 2.87 bits per heavy atom. The molecular weight excluding hydrogens is 217 g/mol. The maximum atomic E-state index is 13.3. The van der Waals surface area contributed by atoms with Crippen LogP contribution in [0, 0.1) is 12.7 Å². The third-order valence-corrected chi connectivity index (χ3v) is 2.44. The Kier molecular flexibility index (Phi) is 4.09. The summed E-state index contributed by atoms with van der Waals surface area (Å²) in [5.74, 6) is -0.636. The zero-order chi connectivity index (χ0) is 11.4. The van der Waals surface area contributed by atoms with E-state index in [1.54, 1.807) is 19.9 Å². The van der Waals surface area contributed by atoms with E-state index in [9.17, 15) is 9.18 Å². The van der Waals surface area contributed by atoms with E-state index in [1.165, 1.54) is 12.1 Å². The van der Waals surface area contributed by atoms with Gasteiger partial charge in [-0.1, -0.05) is 11.6 Å². The zero-order valence-corrected chi connectivity index (χ0v) is 9.44. The molecule has 0 saturated carbocycles. The minimum Gasteiger partial charge on any atom is -0.348 e. The molecule has 1 atom stereocenters. The number of amides is 1. The van der Waals surface area contributed by atoms with E-state index >= 15 is 0 Å². The van der Waals surface area contributed by atoms with Crippen LogP contribution >= 0.6 is 11.6 Å². The summed E-state index contributed by atoms with van der Waals surface area (Å²) in [6.07, 6.45) is 0. The van der Waals surface area contributed by atoms with Gasteiger partial charge in [0.2, 0.25) is 0 Å². The Bertz CT molecular complexity index is 368. The molecule has 0 aromatic heterocycles. The molecule has 0 aliphatic heterocycles. The van der Waals surface area contributed by atoms with Crippen LogP contribution in [0.2, 0.25) is 0 Å². The highest BCUT2D eigenvalue weighted by Crippen LogP contribution is 2.10. The first-order chi connectivity index (χ1) is 7.04. The van der Waals surface area contributed by atoms with E-state index in [4.69, 9.17) is 11.6 Å². The van der Waals surface area contributed by atoms with Crippen molar-refractivity contribution < 1.29 is 9.18 Å². The van der Waals surface area contributed by atoms with Gasteiger partial charge in [0.15, 0.2) is 0 Å². The molecule has 1 N–H and O–H groups in total. The molecule has 2 nitrogen and oxygen atoms in total. The lowest BCUT2D eigenvalue weighted by Gasteiger charge is -2.11. The molecule has 0 bridgehead atoms. The molecule has 0 spiro atoms. The lowest BCUT2D eigenvalue weighted by Crippen LogP contribution is -2.34. The van der Waals surface area contributed by atoms with Crippen molar-refractivity contribution in [2.45, 2.75) is 19.9 Å². The average molecular weight is 230 g/mol. The number of benzene rings is 1. The van der Waals surface area contributed by atoms with Gasteiger partial charge in [0, 0.05) is 11.9 Å². The van der Waals surface area contributed by atoms with Crippen LogP contribution in [0.5, 0.6) is 0 Å². The number of halogens is 2. The van der Waals surface area contributed by atoms with Gasteiger partial charge in [-0.25, -0.2) is 4.39 Å². The maximum absolute atomic E-state index is 13.3. The molecule has 1 rings (SSSR count). The van der Waals surface area contributed by atoms with Crippen LogP contribution in [0.3, 0.4) is 0 Å². The zero-order valence-electron chi connectivity index (χ0n) is 8.68. The fraction of sp³-hybridized carbons (Fsp3) is 0.364. The second-order valence-electron chi connectivity index (χ2n) is 3.51. The predicted octanol–water partition coefficient (Wildman–Crippen LogP) is 2.49. The third-order valence-electron chi connectivity index (χ3n) is 1.98. The van der Waals surface area contributed by atoms with Crippen molar-refractivity contribution in [3.63, 3.8) is 0 Å². The summed E-state index contributed by atoms with van der Waals surface area (Å²) in [7, 11) is 0. The number of carbonyl (C=O) groups excluding carboxylic acids is 1. The molecule has 0 fully saturated rings. The fourth-order valence-electron chi connectivity index (χ4n) is 1.15. The second kappa shape index (κ2) is 5.12. The summed E-state index contributed by atoms with van der Waals surface area (Å²) in [5.41, 5.74) is 0.909. The molecule has 0 aliphatic rings. The highest BCUT2D eigenvalue weighted by atomic mass is 35.5. The minimum atomic E-state index is -0.514.